The van der Waals surface area contributed by atoms with E-state index >= 15 is 0 Å². The molecule has 0 aliphatic carbocycles. The fraction of sp³-hybridized carbons (Fsp3) is 0.909. The Morgan fingerprint density at radius 1 is 1.56 bits per heavy atom. The SMILES string of the molecule is CC(=O)OCC1CCCC(OCCCN=[N+]=[N-])O1. The molecular formula is C11H19N3O4. The Morgan fingerprint density at radius 2 is 2.39 bits per heavy atom. The third kappa shape index (κ3) is 6.44. The van der Waals surface area contributed by atoms with Crippen LogP contribution in [0.4, 0.5) is 0 Å². The lowest BCUT2D eigenvalue weighted by molar-refractivity contribution is -0.205. The van der Waals surface area contributed by atoms with Crippen LogP contribution in [0.3, 0.4) is 0 Å². The zero-order chi connectivity index (χ0) is 13.2. The molecule has 7 nitrogen and oxygen atoms in total. The number of hydrogen-bond donors (Lipinski definition) is 0. The van der Waals surface area contributed by atoms with Crippen LogP contribution in [0.5, 0.6) is 0 Å². The van der Waals surface area contributed by atoms with E-state index in [1.165, 1.54) is 6.92 Å². The summed E-state index contributed by atoms with van der Waals surface area (Å²) in [5, 5.41) is 3.42. The van der Waals surface area contributed by atoms with Gasteiger partial charge in [-0.3, -0.25) is 4.79 Å². The molecule has 1 aliphatic rings. The van der Waals surface area contributed by atoms with Crippen molar-refractivity contribution in [1.82, 2.24) is 0 Å². The fourth-order valence-electron chi connectivity index (χ4n) is 1.71. The van der Waals surface area contributed by atoms with Crippen LogP contribution in [0, 0.1) is 0 Å². The van der Waals surface area contributed by atoms with E-state index in [1.807, 2.05) is 0 Å². The molecule has 102 valence electrons. The third-order valence-corrected chi connectivity index (χ3v) is 2.55. The number of ether oxygens (including phenoxy) is 3. The van der Waals surface area contributed by atoms with Gasteiger partial charge in [0, 0.05) is 25.0 Å². The standard InChI is InChI=1S/C11H19N3O4/c1-9(15)17-8-10-4-2-5-11(18-10)16-7-3-6-13-14-12/h10-11H,2-8H2,1H3. The molecule has 1 rings (SSSR count). The van der Waals surface area contributed by atoms with E-state index in [4.69, 9.17) is 19.7 Å². The number of hydrogen-bond acceptors (Lipinski definition) is 5. The molecule has 0 aromatic heterocycles. The summed E-state index contributed by atoms with van der Waals surface area (Å²) in [4.78, 5) is 13.4. The molecule has 0 N–H and O–H groups in total. The minimum Gasteiger partial charge on any atom is -0.463 e. The highest BCUT2D eigenvalue weighted by Crippen LogP contribution is 2.20. The largest absolute Gasteiger partial charge is 0.463 e. The number of nitrogens with zero attached hydrogens (tertiary/aromatic N) is 3. The summed E-state index contributed by atoms with van der Waals surface area (Å²) in [6, 6.07) is 0. The highest BCUT2D eigenvalue weighted by atomic mass is 16.7. The zero-order valence-electron chi connectivity index (χ0n) is 10.6. The van der Waals surface area contributed by atoms with E-state index in [9.17, 15) is 4.79 Å². The van der Waals surface area contributed by atoms with Crippen molar-refractivity contribution < 1.29 is 19.0 Å². The summed E-state index contributed by atoms with van der Waals surface area (Å²) in [6.45, 7) is 2.60. The van der Waals surface area contributed by atoms with E-state index in [0.717, 1.165) is 19.3 Å². The molecule has 1 aliphatic heterocycles. The van der Waals surface area contributed by atoms with Crippen molar-refractivity contribution >= 4 is 5.97 Å². The van der Waals surface area contributed by atoms with Crippen LogP contribution in [0.15, 0.2) is 5.11 Å². The van der Waals surface area contributed by atoms with Gasteiger partial charge in [-0.15, -0.1) is 0 Å². The first kappa shape index (κ1) is 14.8. The average molecular weight is 257 g/mol. The molecule has 7 heteroatoms. The first-order valence-corrected chi connectivity index (χ1v) is 6.13. The Morgan fingerprint density at radius 3 is 3.11 bits per heavy atom. The van der Waals surface area contributed by atoms with Crippen molar-refractivity contribution in [2.24, 2.45) is 5.11 Å². The lowest BCUT2D eigenvalue weighted by Crippen LogP contribution is -2.33. The lowest BCUT2D eigenvalue weighted by Gasteiger charge is -2.29. The Bertz CT molecular complexity index is 305. The molecule has 2 unspecified atom stereocenters. The van der Waals surface area contributed by atoms with Crippen molar-refractivity contribution in [2.45, 2.75) is 45.0 Å². The summed E-state index contributed by atoms with van der Waals surface area (Å²) in [5.41, 5.74) is 8.10. The second kappa shape index (κ2) is 8.74. The molecule has 1 saturated heterocycles. The quantitative estimate of drug-likeness (QED) is 0.229. The van der Waals surface area contributed by atoms with Gasteiger partial charge in [-0.1, -0.05) is 5.11 Å². The molecular weight excluding hydrogens is 238 g/mol. The molecule has 0 radical (unpaired) electrons. The van der Waals surface area contributed by atoms with Crippen molar-refractivity contribution in [3.8, 4) is 0 Å². The summed E-state index contributed by atoms with van der Waals surface area (Å²) in [7, 11) is 0. The highest BCUT2D eigenvalue weighted by molar-refractivity contribution is 5.65. The lowest BCUT2D eigenvalue weighted by atomic mass is 10.1. The first-order valence-electron chi connectivity index (χ1n) is 6.13. The van der Waals surface area contributed by atoms with Gasteiger partial charge in [0.25, 0.3) is 0 Å². The second-order valence-corrected chi connectivity index (χ2v) is 4.10. The molecule has 0 bridgehead atoms. The molecule has 1 fully saturated rings. The highest BCUT2D eigenvalue weighted by Gasteiger charge is 2.23. The van der Waals surface area contributed by atoms with E-state index in [-0.39, 0.29) is 25.0 Å². The molecule has 0 amide bonds. The van der Waals surface area contributed by atoms with Gasteiger partial charge in [0.2, 0.25) is 0 Å². The smallest absolute Gasteiger partial charge is 0.302 e. The molecule has 0 saturated carbocycles. The maximum absolute atomic E-state index is 10.7. The van der Waals surface area contributed by atoms with Crippen LogP contribution >= 0.6 is 0 Å². The third-order valence-electron chi connectivity index (χ3n) is 2.55. The van der Waals surface area contributed by atoms with Gasteiger partial charge in [0.1, 0.15) is 6.61 Å². The normalized spacial score (nSPS) is 23.2. The predicted molar refractivity (Wildman–Crippen MR) is 63.7 cm³/mol. The van der Waals surface area contributed by atoms with Gasteiger partial charge < -0.3 is 14.2 Å². The number of esters is 1. The molecule has 0 aromatic carbocycles. The minimum atomic E-state index is -0.295. The van der Waals surface area contributed by atoms with Crippen LogP contribution < -0.4 is 0 Å². The Hall–Kier alpha value is -1.30. The fourth-order valence-corrected chi connectivity index (χ4v) is 1.71. The maximum atomic E-state index is 10.7. The summed E-state index contributed by atoms with van der Waals surface area (Å²) < 4.78 is 16.1. The number of carbonyl (C=O) groups is 1. The van der Waals surface area contributed by atoms with Crippen LogP contribution in [-0.4, -0.2) is 38.1 Å². The Kier molecular flexibility index (Phi) is 7.17. The van der Waals surface area contributed by atoms with E-state index < -0.39 is 0 Å². The van der Waals surface area contributed by atoms with Gasteiger partial charge in [0.15, 0.2) is 6.29 Å². The van der Waals surface area contributed by atoms with Crippen LogP contribution in [0.1, 0.15) is 32.6 Å². The van der Waals surface area contributed by atoms with Gasteiger partial charge >= 0.3 is 5.97 Å². The molecule has 0 spiro atoms. The van der Waals surface area contributed by atoms with E-state index in [0.29, 0.717) is 19.6 Å². The topological polar surface area (TPSA) is 93.5 Å². The van der Waals surface area contributed by atoms with Crippen molar-refractivity contribution in [3.63, 3.8) is 0 Å². The molecule has 0 aromatic rings. The van der Waals surface area contributed by atoms with Crippen LogP contribution in [0.2, 0.25) is 0 Å². The van der Waals surface area contributed by atoms with Gasteiger partial charge in [-0.25, -0.2) is 0 Å². The number of rotatable bonds is 7. The summed E-state index contributed by atoms with van der Waals surface area (Å²) >= 11 is 0. The summed E-state index contributed by atoms with van der Waals surface area (Å²) in [6.07, 6.45) is 3.07. The minimum absolute atomic E-state index is 0.0789. The molecule has 18 heavy (non-hydrogen) atoms. The Labute approximate surface area is 106 Å². The molecule has 2 atom stereocenters. The predicted octanol–water partition coefficient (Wildman–Crippen LogP) is 2.16. The van der Waals surface area contributed by atoms with E-state index in [2.05, 4.69) is 10.0 Å². The Balaban J connectivity index is 2.14. The molecule has 1 heterocycles. The van der Waals surface area contributed by atoms with Gasteiger partial charge in [-0.2, -0.15) is 0 Å². The van der Waals surface area contributed by atoms with Crippen LogP contribution in [0.25, 0.3) is 10.4 Å². The second-order valence-electron chi connectivity index (χ2n) is 4.10. The van der Waals surface area contributed by atoms with Crippen LogP contribution in [-0.2, 0) is 19.0 Å². The summed E-state index contributed by atoms with van der Waals surface area (Å²) in [5.74, 6) is -0.295. The number of azide groups is 1. The van der Waals surface area contributed by atoms with Crippen molar-refractivity contribution in [3.05, 3.63) is 10.4 Å². The zero-order valence-corrected chi connectivity index (χ0v) is 10.6. The van der Waals surface area contributed by atoms with Gasteiger partial charge in [-0.05, 0) is 31.2 Å². The average Bonchev–Trinajstić information content (AvgIpc) is 2.37. The monoisotopic (exact) mass is 257 g/mol. The van der Waals surface area contributed by atoms with Crippen molar-refractivity contribution in [2.75, 3.05) is 19.8 Å². The van der Waals surface area contributed by atoms with Gasteiger partial charge in [0.05, 0.1) is 6.10 Å². The first-order chi connectivity index (χ1) is 8.72. The van der Waals surface area contributed by atoms with E-state index in [1.54, 1.807) is 0 Å². The number of carbonyl (C=O) groups excluding carboxylic acids is 1. The maximum Gasteiger partial charge on any atom is 0.302 e. The van der Waals surface area contributed by atoms with Crippen molar-refractivity contribution in [1.29, 1.82) is 0 Å².